The fraction of sp³-hybridized carbons (Fsp3) is 0.235. The van der Waals surface area contributed by atoms with Crippen molar-refractivity contribution in [3.63, 3.8) is 0 Å². The molecular formula is C17H13BrF4O3. The zero-order chi connectivity index (χ0) is 18.6. The van der Waals surface area contributed by atoms with Crippen LogP contribution in [0.15, 0.2) is 46.9 Å². The van der Waals surface area contributed by atoms with E-state index in [0.717, 1.165) is 13.2 Å². The van der Waals surface area contributed by atoms with Crippen LogP contribution in [0.3, 0.4) is 0 Å². The van der Waals surface area contributed by atoms with Gasteiger partial charge in [0.2, 0.25) is 0 Å². The van der Waals surface area contributed by atoms with Gasteiger partial charge in [-0.3, -0.25) is 4.79 Å². The second-order valence-corrected chi connectivity index (χ2v) is 5.93. The predicted molar refractivity (Wildman–Crippen MR) is 85.7 cm³/mol. The topological polar surface area (TPSA) is 35.5 Å². The standard InChI is InChI=1S/C17H13BrF4O3/c1-24-16(23)15(17(20,21)22)11-7-13(19)12(18)8-14(11)25-9-10-5-3-2-4-6-10/h2-8,15H,9H2,1H3. The predicted octanol–water partition coefficient (Wildman–Crippen LogP) is 4.99. The molecule has 2 aromatic rings. The smallest absolute Gasteiger partial charge is 0.406 e. The first-order chi connectivity index (χ1) is 11.7. The Labute approximate surface area is 149 Å². The van der Waals surface area contributed by atoms with E-state index in [-0.39, 0.29) is 16.8 Å². The fourth-order valence-electron chi connectivity index (χ4n) is 2.18. The zero-order valence-electron chi connectivity index (χ0n) is 12.9. The summed E-state index contributed by atoms with van der Waals surface area (Å²) in [5, 5.41) is 0. The summed E-state index contributed by atoms with van der Waals surface area (Å²) in [6.07, 6.45) is -4.96. The summed E-state index contributed by atoms with van der Waals surface area (Å²) in [5.74, 6) is -5.39. The lowest BCUT2D eigenvalue weighted by Gasteiger charge is -2.21. The van der Waals surface area contributed by atoms with Gasteiger partial charge in [0.05, 0.1) is 11.6 Å². The van der Waals surface area contributed by atoms with Crippen molar-refractivity contribution in [2.45, 2.75) is 18.7 Å². The van der Waals surface area contributed by atoms with Gasteiger partial charge in [-0.1, -0.05) is 30.3 Å². The molecule has 8 heteroatoms. The molecule has 1 unspecified atom stereocenters. The second-order valence-electron chi connectivity index (χ2n) is 5.08. The van der Waals surface area contributed by atoms with Gasteiger partial charge < -0.3 is 9.47 Å². The van der Waals surface area contributed by atoms with Crippen LogP contribution < -0.4 is 4.74 Å². The molecule has 0 spiro atoms. The molecule has 2 aromatic carbocycles. The summed E-state index contributed by atoms with van der Waals surface area (Å²) in [7, 11) is 0.834. The molecule has 0 N–H and O–H groups in total. The van der Waals surface area contributed by atoms with Gasteiger partial charge in [-0.15, -0.1) is 0 Å². The van der Waals surface area contributed by atoms with Gasteiger partial charge in [-0.05, 0) is 33.6 Å². The maximum Gasteiger partial charge on any atom is 0.406 e. The molecule has 1 atom stereocenters. The number of esters is 1. The minimum absolute atomic E-state index is 0.0440. The SMILES string of the molecule is COC(=O)C(c1cc(F)c(Br)cc1OCc1ccccc1)C(F)(F)F. The molecule has 0 aliphatic rings. The van der Waals surface area contributed by atoms with Crippen molar-refractivity contribution in [2.75, 3.05) is 7.11 Å². The molecule has 0 radical (unpaired) electrons. The number of ether oxygens (including phenoxy) is 2. The molecule has 3 nitrogen and oxygen atoms in total. The summed E-state index contributed by atoms with van der Waals surface area (Å²) < 4.78 is 63.4. The van der Waals surface area contributed by atoms with E-state index >= 15 is 0 Å². The molecule has 0 amide bonds. The largest absolute Gasteiger partial charge is 0.489 e. The maximum atomic E-state index is 13.8. The highest BCUT2D eigenvalue weighted by atomic mass is 79.9. The monoisotopic (exact) mass is 420 g/mol. The third-order valence-corrected chi connectivity index (χ3v) is 3.97. The summed E-state index contributed by atoms with van der Waals surface area (Å²) in [6, 6.07) is 10.4. The van der Waals surface area contributed by atoms with Crippen molar-refractivity contribution in [3.8, 4) is 5.75 Å². The Morgan fingerprint density at radius 2 is 1.84 bits per heavy atom. The number of alkyl halides is 3. The average molecular weight is 421 g/mol. The normalized spacial score (nSPS) is 12.6. The van der Waals surface area contributed by atoms with Crippen LogP contribution in [0.5, 0.6) is 5.75 Å². The zero-order valence-corrected chi connectivity index (χ0v) is 14.5. The first-order valence-corrected chi connectivity index (χ1v) is 7.83. The summed E-state index contributed by atoms with van der Waals surface area (Å²) in [6.45, 7) is -0.0440. The number of hydrogen-bond donors (Lipinski definition) is 0. The number of benzene rings is 2. The Morgan fingerprint density at radius 1 is 1.20 bits per heavy atom. The van der Waals surface area contributed by atoms with Gasteiger partial charge >= 0.3 is 12.1 Å². The Hall–Kier alpha value is -2.09. The van der Waals surface area contributed by atoms with Crippen LogP contribution in [0.1, 0.15) is 17.0 Å². The van der Waals surface area contributed by atoms with Crippen molar-refractivity contribution in [2.24, 2.45) is 0 Å². The lowest BCUT2D eigenvalue weighted by molar-refractivity contribution is -0.179. The molecule has 25 heavy (non-hydrogen) atoms. The Bertz CT molecular complexity index is 748. The van der Waals surface area contributed by atoms with E-state index in [0.29, 0.717) is 11.6 Å². The highest BCUT2D eigenvalue weighted by Crippen LogP contribution is 2.42. The number of carbonyl (C=O) groups excluding carboxylic acids is 1. The molecule has 0 saturated heterocycles. The van der Waals surface area contributed by atoms with Crippen molar-refractivity contribution in [3.05, 3.63) is 63.9 Å². The average Bonchev–Trinajstić information content (AvgIpc) is 2.56. The molecule has 0 aromatic heterocycles. The lowest BCUT2D eigenvalue weighted by atomic mass is 9.97. The molecule has 0 aliphatic carbocycles. The van der Waals surface area contributed by atoms with Gasteiger partial charge in [0.25, 0.3) is 0 Å². The van der Waals surface area contributed by atoms with Crippen molar-refractivity contribution in [1.82, 2.24) is 0 Å². The van der Waals surface area contributed by atoms with E-state index in [9.17, 15) is 22.4 Å². The number of rotatable bonds is 5. The van der Waals surface area contributed by atoms with Crippen LogP contribution in [0.25, 0.3) is 0 Å². The molecule has 0 fully saturated rings. The van der Waals surface area contributed by atoms with Gasteiger partial charge in [0, 0.05) is 5.56 Å². The Kier molecular flexibility index (Phi) is 6.05. The van der Waals surface area contributed by atoms with Crippen LogP contribution >= 0.6 is 15.9 Å². The number of halogens is 5. The molecule has 0 aliphatic heterocycles. The number of methoxy groups -OCH3 is 1. The van der Waals surface area contributed by atoms with Crippen LogP contribution in [0.2, 0.25) is 0 Å². The van der Waals surface area contributed by atoms with Crippen molar-refractivity contribution >= 4 is 21.9 Å². The molecule has 2 rings (SSSR count). The number of hydrogen-bond acceptors (Lipinski definition) is 3. The third kappa shape index (κ3) is 4.72. The molecule has 0 saturated carbocycles. The lowest BCUT2D eigenvalue weighted by Crippen LogP contribution is -2.30. The van der Waals surface area contributed by atoms with Gasteiger partial charge in [-0.2, -0.15) is 13.2 Å². The van der Waals surface area contributed by atoms with Gasteiger partial charge in [-0.25, -0.2) is 4.39 Å². The van der Waals surface area contributed by atoms with Crippen LogP contribution in [-0.4, -0.2) is 19.3 Å². The van der Waals surface area contributed by atoms with Crippen LogP contribution in [-0.2, 0) is 16.1 Å². The minimum Gasteiger partial charge on any atom is -0.489 e. The van der Waals surface area contributed by atoms with E-state index in [1.807, 2.05) is 0 Å². The highest BCUT2D eigenvalue weighted by molar-refractivity contribution is 9.10. The van der Waals surface area contributed by atoms with Crippen molar-refractivity contribution in [1.29, 1.82) is 0 Å². The fourth-order valence-corrected chi connectivity index (χ4v) is 2.51. The second kappa shape index (κ2) is 7.86. The van der Waals surface area contributed by atoms with Crippen LogP contribution in [0.4, 0.5) is 17.6 Å². The molecular weight excluding hydrogens is 408 g/mol. The highest BCUT2D eigenvalue weighted by Gasteiger charge is 2.48. The van der Waals surface area contributed by atoms with E-state index in [4.69, 9.17) is 4.74 Å². The molecule has 0 heterocycles. The van der Waals surface area contributed by atoms with E-state index < -0.39 is 29.4 Å². The minimum atomic E-state index is -4.96. The maximum absolute atomic E-state index is 13.8. The summed E-state index contributed by atoms with van der Waals surface area (Å²) in [5.41, 5.74) is 0.0616. The van der Waals surface area contributed by atoms with Gasteiger partial charge in [0.15, 0.2) is 5.92 Å². The summed E-state index contributed by atoms with van der Waals surface area (Å²) in [4.78, 5) is 11.6. The number of carbonyl (C=O) groups is 1. The summed E-state index contributed by atoms with van der Waals surface area (Å²) >= 11 is 2.91. The Balaban J connectivity index is 2.44. The van der Waals surface area contributed by atoms with Crippen molar-refractivity contribution < 1.29 is 31.8 Å². The first kappa shape index (κ1) is 19.2. The quantitative estimate of drug-likeness (QED) is 0.505. The van der Waals surface area contributed by atoms with E-state index in [2.05, 4.69) is 20.7 Å². The molecule has 0 bridgehead atoms. The Morgan fingerprint density at radius 3 is 2.40 bits per heavy atom. The third-order valence-electron chi connectivity index (χ3n) is 3.37. The van der Waals surface area contributed by atoms with E-state index in [1.165, 1.54) is 0 Å². The van der Waals surface area contributed by atoms with E-state index in [1.54, 1.807) is 30.3 Å². The molecule has 134 valence electrons. The van der Waals surface area contributed by atoms with Crippen LogP contribution in [0, 0.1) is 5.82 Å². The van der Waals surface area contributed by atoms with Gasteiger partial charge in [0.1, 0.15) is 18.2 Å². The first-order valence-electron chi connectivity index (χ1n) is 7.04.